The summed E-state index contributed by atoms with van der Waals surface area (Å²) in [7, 11) is 0. The van der Waals surface area contributed by atoms with Gasteiger partial charge in [0.15, 0.2) is 0 Å². The number of hydrogen-bond acceptors (Lipinski definition) is 3. The molecule has 3 rings (SSSR count). The minimum atomic E-state index is 0.510. The fraction of sp³-hybridized carbons (Fsp3) is 0.455. The highest BCUT2D eigenvalue weighted by atomic mass is 79.9. The zero-order valence-corrected chi connectivity index (χ0v) is 10.7. The van der Waals surface area contributed by atoms with Crippen LogP contribution < -0.4 is 5.32 Å². The SMILES string of the molecule is Brc1ccc([C@H]2CN3CCSC3N2)cc1. The van der Waals surface area contributed by atoms with Crippen LogP contribution in [0.4, 0.5) is 0 Å². The van der Waals surface area contributed by atoms with Crippen molar-refractivity contribution >= 4 is 27.7 Å². The van der Waals surface area contributed by atoms with E-state index in [-0.39, 0.29) is 0 Å². The number of fused-ring (bicyclic) bond motifs is 1. The zero-order valence-electron chi connectivity index (χ0n) is 8.32. The van der Waals surface area contributed by atoms with Gasteiger partial charge >= 0.3 is 0 Å². The van der Waals surface area contributed by atoms with Crippen LogP contribution in [0.2, 0.25) is 0 Å². The van der Waals surface area contributed by atoms with E-state index in [0.717, 1.165) is 11.0 Å². The van der Waals surface area contributed by atoms with E-state index in [1.165, 1.54) is 17.9 Å². The summed E-state index contributed by atoms with van der Waals surface area (Å²) >= 11 is 5.49. The first-order chi connectivity index (χ1) is 7.33. The number of halogens is 1. The minimum Gasteiger partial charge on any atom is -0.285 e. The molecule has 0 bridgehead atoms. The number of hydrogen-bond donors (Lipinski definition) is 1. The van der Waals surface area contributed by atoms with Crippen LogP contribution in [0.3, 0.4) is 0 Å². The monoisotopic (exact) mass is 284 g/mol. The number of nitrogens with zero attached hydrogens (tertiary/aromatic N) is 1. The minimum absolute atomic E-state index is 0.510. The Bertz CT molecular complexity index is 342. The number of benzene rings is 1. The molecular formula is C11H13BrN2S. The van der Waals surface area contributed by atoms with Crippen molar-refractivity contribution in [1.82, 2.24) is 10.2 Å². The Balaban J connectivity index is 1.76. The van der Waals surface area contributed by atoms with Gasteiger partial charge in [-0.15, -0.1) is 11.8 Å². The average molecular weight is 285 g/mol. The lowest BCUT2D eigenvalue weighted by Gasteiger charge is -2.11. The van der Waals surface area contributed by atoms with E-state index >= 15 is 0 Å². The van der Waals surface area contributed by atoms with Crippen LogP contribution in [0.15, 0.2) is 28.7 Å². The second-order valence-corrected chi connectivity index (χ2v) is 6.09. The molecule has 15 heavy (non-hydrogen) atoms. The van der Waals surface area contributed by atoms with Crippen LogP contribution in [0.5, 0.6) is 0 Å². The maximum Gasteiger partial charge on any atom is 0.109 e. The molecule has 2 fully saturated rings. The van der Waals surface area contributed by atoms with Crippen LogP contribution in [0.1, 0.15) is 11.6 Å². The Morgan fingerprint density at radius 3 is 2.87 bits per heavy atom. The van der Waals surface area contributed by atoms with E-state index in [9.17, 15) is 0 Å². The van der Waals surface area contributed by atoms with E-state index in [2.05, 4.69) is 50.4 Å². The average Bonchev–Trinajstić information content (AvgIpc) is 2.78. The largest absolute Gasteiger partial charge is 0.285 e. The van der Waals surface area contributed by atoms with Gasteiger partial charge in [-0.25, -0.2) is 0 Å². The van der Waals surface area contributed by atoms with Crippen LogP contribution >= 0.6 is 27.7 Å². The number of thioether (sulfide) groups is 1. The summed E-state index contributed by atoms with van der Waals surface area (Å²) in [6, 6.07) is 9.15. The molecule has 0 radical (unpaired) electrons. The molecule has 80 valence electrons. The zero-order chi connectivity index (χ0) is 10.3. The maximum atomic E-state index is 3.66. The molecule has 1 aromatic rings. The second kappa shape index (κ2) is 4.09. The first-order valence-corrected chi connectivity index (χ1v) is 7.04. The van der Waals surface area contributed by atoms with E-state index in [0.29, 0.717) is 11.5 Å². The summed E-state index contributed by atoms with van der Waals surface area (Å²) < 4.78 is 1.15. The highest BCUT2D eigenvalue weighted by Gasteiger charge is 2.35. The summed E-state index contributed by atoms with van der Waals surface area (Å²) in [5, 5.41) is 3.66. The fourth-order valence-corrected chi connectivity index (χ4v) is 3.69. The predicted octanol–water partition coefficient (Wildman–Crippen LogP) is 2.43. The molecule has 2 nitrogen and oxygen atoms in total. The molecule has 4 heteroatoms. The highest BCUT2D eigenvalue weighted by Crippen LogP contribution is 2.32. The first-order valence-electron chi connectivity index (χ1n) is 5.20. The third-order valence-corrected chi connectivity index (χ3v) is 4.72. The van der Waals surface area contributed by atoms with Gasteiger partial charge in [0, 0.05) is 29.4 Å². The van der Waals surface area contributed by atoms with Crippen LogP contribution in [-0.4, -0.2) is 29.2 Å². The Labute approximate surface area is 103 Å². The van der Waals surface area contributed by atoms with E-state index in [1.54, 1.807) is 0 Å². The van der Waals surface area contributed by atoms with Crippen LogP contribution in [0, 0.1) is 0 Å². The van der Waals surface area contributed by atoms with Gasteiger partial charge in [-0.1, -0.05) is 28.1 Å². The van der Waals surface area contributed by atoms with Gasteiger partial charge in [-0.3, -0.25) is 10.2 Å². The van der Waals surface area contributed by atoms with Gasteiger partial charge in [0.2, 0.25) is 0 Å². The van der Waals surface area contributed by atoms with E-state index < -0.39 is 0 Å². The molecule has 0 aromatic heterocycles. The van der Waals surface area contributed by atoms with Crippen molar-refractivity contribution in [3.63, 3.8) is 0 Å². The summed E-state index contributed by atoms with van der Waals surface area (Å²) in [6.45, 7) is 2.38. The Kier molecular flexibility index (Phi) is 2.77. The second-order valence-electron chi connectivity index (χ2n) is 3.99. The van der Waals surface area contributed by atoms with Crippen molar-refractivity contribution in [3.8, 4) is 0 Å². The van der Waals surface area contributed by atoms with Crippen molar-refractivity contribution in [2.45, 2.75) is 11.5 Å². The van der Waals surface area contributed by atoms with Gasteiger partial charge < -0.3 is 0 Å². The van der Waals surface area contributed by atoms with Crippen molar-refractivity contribution in [2.24, 2.45) is 0 Å². The fourth-order valence-electron chi connectivity index (χ4n) is 2.20. The summed E-state index contributed by atoms with van der Waals surface area (Å²) in [6.07, 6.45) is 0. The van der Waals surface area contributed by atoms with Crippen LogP contribution in [-0.2, 0) is 0 Å². The van der Waals surface area contributed by atoms with Crippen molar-refractivity contribution < 1.29 is 0 Å². The molecule has 0 saturated carbocycles. The molecule has 1 N–H and O–H groups in total. The summed E-state index contributed by atoms with van der Waals surface area (Å²) in [5.74, 6) is 1.27. The molecule has 0 spiro atoms. The van der Waals surface area contributed by atoms with Crippen molar-refractivity contribution in [2.75, 3.05) is 18.8 Å². The number of nitrogens with one attached hydrogen (secondary N) is 1. The molecule has 1 aromatic carbocycles. The Hall–Kier alpha value is -0.0300. The Morgan fingerprint density at radius 2 is 2.13 bits per heavy atom. The van der Waals surface area contributed by atoms with Gasteiger partial charge in [-0.2, -0.15) is 0 Å². The topological polar surface area (TPSA) is 15.3 Å². The van der Waals surface area contributed by atoms with Crippen LogP contribution in [0.25, 0.3) is 0 Å². The van der Waals surface area contributed by atoms with Gasteiger partial charge in [0.25, 0.3) is 0 Å². The van der Waals surface area contributed by atoms with Gasteiger partial charge in [0.1, 0.15) is 5.50 Å². The smallest absolute Gasteiger partial charge is 0.109 e. The third-order valence-electron chi connectivity index (χ3n) is 3.02. The quantitative estimate of drug-likeness (QED) is 0.853. The standard InChI is InChI=1S/C11H13BrN2S/c12-9-3-1-8(2-4-9)10-7-14-5-6-15-11(14)13-10/h1-4,10-11,13H,5-7H2/t10-,11?/m1/s1. The molecule has 1 unspecified atom stereocenters. The van der Waals surface area contributed by atoms with E-state index in [1.807, 2.05) is 11.8 Å². The molecular weight excluding hydrogens is 272 g/mol. The lowest BCUT2D eigenvalue weighted by atomic mass is 10.1. The molecule has 2 heterocycles. The van der Waals surface area contributed by atoms with Gasteiger partial charge in [0.05, 0.1) is 0 Å². The normalized spacial score (nSPS) is 30.7. The third kappa shape index (κ3) is 1.96. The molecule has 2 aliphatic rings. The first kappa shape index (κ1) is 10.1. The molecule has 2 saturated heterocycles. The lowest BCUT2D eigenvalue weighted by Crippen LogP contribution is -2.27. The molecule has 0 aliphatic carbocycles. The maximum absolute atomic E-state index is 3.66. The Morgan fingerprint density at radius 1 is 1.33 bits per heavy atom. The predicted molar refractivity (Wildman–Crippen MR) is 67.8 cm³/mol. The molecule has 2 atom stereocenters. The number of rotatable bonds is 1. The van der Waals surface area contributed by atoms with E-state index in [4.69, 9.17) is 0 Å². The summed E-state index contributed by atoms with van der Waals surface area (Å²) in [5.41, 5.74) is 1.95. The van der Waals surface area contributed by atoms with Crippen molar-refractivity contribution in [3.05, 3.63) is 34.3 Å². The molecule has 2 aliphatic heterocycles. The molecule has 0 amide bonds. The lowest BCUT2D eigenvalue weighted by molar-refractivity contribution is 0.346. The van der Waals surface area contributed by atoms with Crippen molar-refractivity contribution in [1.29, 1.82) is 0 Å². The highest BCUT2D eigenvalue weighted by molar-refractivity contribution is 9.10. The van der Waals surface area contributed by atoms with Gasteiger partial charge in [-0.05, 0) is 17.7 Å². The summed E-state index contributed by atoms with van der Waals surface area (Å²) in [4.78, 5) is 2.53.